The largest absolute Gasteiger partial charge is 0.383 e. The minimum atomic E-state index is -0.416. The summed E-state index contributed by atoms with van der Waals surface area (Å²) in [5.74, 6) is -1.23. The monoisotopic (exact) mass is 423 g/mol. The lowest BCUT2D eigenvalue weighted by Gasteiger charge is -2.28. The maximum atomic E-state index is 13.4. The zero-order valence-electron chi connectivity index (χ0n) is 17.6. The van der Waals surface area contributed by atoms with Crippen molar-refractivity contribution in [2.45, 2.75) is 19.3 Å². The average Bonchev–Trinajstić information content (AvgIpc) is 3.03. The van der Waals surface area contributed by atoms with Crippen LogP contribution in [0.1, 0.15) is 24.8 Å². The van der Waals surface area contributed by atoms with Crippen LogP contribution in [-0.4, -0.2) is 50.1 Å². The van der Waals surface area contributed by atoms with Crippen LogP contribution in [0.2, 0.25) is 0 Å². The summed E-state index contributed by atoms with van der Waals surface area (Å²) in [7, 11) is 1.52. The fourth-order valence-corrected chi connectivity index (χ4v) is 4.01. The molecule has 2 aliphatic rings. The number of anilines is 2. The van der Waals surface area contributed by atoms with Crippen molar-refractivity contribution < 1.29 is 18.7 Å². The molecule has 4 rings (SSSR count). The highest BCUT2D eigenvalue weighted by atomic mass is 19.1. The number of carbonyl (C=O) groups excluding carboxylic acids is 2. The molecule has 1 fully saturated rings. The highest BCUT2D eigenvalue weighted by Gasteiger charge is 2.39. The quantitative estimate of drug-likeness (QED) is 0.689. The van der Waals surface area contributed by atoms with Crippen molar-refractivity contribution in [1.82, 2.24) is 4.90 Å². The Morgan fingerprint density at radius 3 is 2.26 bits per heavy atom. The zero-order chi connectivity index (χ0) is 21.8. The lowest BCUT2D eigenvalue weighted by atomic mass is 10.0. The second-order valence-electron chi connectivity index (χ2n) is 7.73. The molecule has 0 radical (unpaired) electrons. The number of carbonyl (C=O) groups is 2. The molecule has 2 aromatic carbocycles. The van der Waals surface area contributed by atoms with Crippen LogP contribution in [-0.2, 0) is 14.3 Å². The van der Waals surface area contributed by atoms with Crippen LogP contribution in [0, 0.1) is 5.82 Å². The van der Waals surface area contributed by atoms with Gasteiger partial charge in [0.05, 0.1) is 18.7 Å². The third kappa shape index (κ3) is 4.46. The van der Waals surface area contributed by atoms with Crippen molar-refractivity contribution in [3.63, 3.8) is 0 Å². The lowest BCUT2D eigenvalue weighted by molar-refractivity contribution is -0.137. The molecule has 1 saturated heterocycles. The fraction of sp³-hybridized carbons (Fsp3) is 0.333. The number of nitrogens with zero attached hydrogens (tertiary/aromatic N) is 2. The Bertz CT molecular complexity index is 980. The Morgan fingerprint density at radius 2 is 1.61 bits per heavy atom. The van der Waals surface area contributed by atoms with Gasteiger partial charge in [0.2, 0.25) is 0 Å². The van der Waals surface area contributed by atoms with Crippen molar-refractivity contribution in [3.8, 4) is 0 Å². The van der Waals surface area contributed by atoms with Crippen LogP contribution in [0.25, 0.3) is 5.57 Å². The number of imide groups is 1. The number of ether oxygens (including phenoxy) is 1. The van der Waals surface area contributed by atoms with E-state index >= 15 is 0 Å². The molecule has 0 spiro atoms. The molecule has 7 heteroatoms. The molecule has 0 saturated carbocycles. The first-order chi connectivity index (χ1) is 15.1. The number of benzene rings is 2. The normalized spacial score (nSPS) is 17.0. The van der Waals surface area contributed by atoms with Crippen molar-refractivity contribution in [1.29, 1.82) is 0 Å². The second kappa shape index (κ2) is 9.31. The summed E-state index contributed by atoms with van der Waals surface area (Å²) in [6, 6.07) is 13.5. The van der Waals surface area contributed by atoms with Crippen LogP contribution in [0.3, 0.4) is 0 Å². The highest BCUT2D eigenvalue weighted by Crippen LogP contribution is 2.31. The van der Waals surface area contributed by atoms with Crippen LogP contribution < -0.4 is 10.2 Å². The van der Waals surface area contributed by atoms with Gasteiger partial charge in [0.15, 0.2) is 0 Å². The fourth-order valence-electron chi connectivity index (χ4n) is 4.01. The van der Waals surface area contributed by atoms with Crippen molar-refractivity contribution in [2.75, 3.05) is 43.6 Å². The number of hydrogen-bond acceptors (Lipinski definition) is 5. The van der Waals surface area contributed by atoms with Gasteiger partial charge in [-0.05, 0) is 61.2 Å². The van der Waals surface area contributed by atoms with Crippen molar-refractivity contribution in [2.24, 2.45) is 0 Å². The van der Waals surface area contributed by atoms with E-state index in [0.29, 0.717) is 11.3 Å². The number of nitrogens with one attached hydrogen (secondary N) is 1. The maximum absolute atomic E-state index is 13.4. The number of piperidine rings is 1. The molecule has 2 aromatic rings. The summed E-state index contributed by atoms with van der Waals surface area (Å²) in [4.78, 5) is 29.6. The van der Waals surface area contributed by atoms with E-state index in [-0.39, 0.29) is 24.4 Å². The van der Waals surface area contributed by atoms with Crippen LogP contribution in [0.15, 0.2) is 54.2 Å². The van der Waals surface area contributed by atoms with E-state index in [1.54, 1.807) is 0 Å². The predicted molar refractivity (Wildman–Crippen MR) is 118 cm³/mol. The van der Waals surface area contributed by atoms with E-state index in [1.807, 2.05) is 24.3 Å². The van der Waals surface area contributed by atoms with Gasteiger partial charge in [0, 0.05) is 31.6 Å². The molecular formula is C24H26FN3O3. The minimum absolute atomic E-state index is 0.151. The van der Waals surface area contributed by atoms with Gasteiger partial charge in [-0.25, -0.2) is 4.39 Å². The molecule has 1 N–H and O–H groups in total. The van der Waals surface area contributed by atoms with Gasteiger partial charge in [-0.2, -0.15) is 0 Å². The van der Waals surface area contributed by atoms with Crippen LogP contribution >= 0.6 is 0 Å². The first kappa shape index (κ1) is 21.1. The van der Waals surface area contributed by atoms with Gasteiger partial charge in [-0.3, -0.25) is 14.5 Å². The van der Waals surface area contributed by atoms with E-state index in [0.717, 1.165) is 23.7 Å². The number of halogens is 1. The molecule has 0 aliphatic carbocycles. The van der Waals surface area contributed by atoms with Crippen molar-refractivity contribution >= 4 is 28.8 Å². The smallest absolute Gasteiger partial charge is 0.278 e. The van der Waals surface area contributed by atoms with Gasteiger partial charge >= 0.3 is 0 Å². The van der Waals surface area contributed by atoms with E-state index in [1.165, 1.54) is 50.6 Å². The summed E-state index contributed by atoms with van der Waals surface area (Å²) in [6.07, 6.45) is 3.66. The Hall–Kier alpha value is -3.19. The maximum Gasteiger partial charge on any atom is 0.278 e. The molecular weight excluding hydrogens is 397 g/mol. The topological polar surface area (TPSA) is 61.9 Å². The Balaban J connectivity index is 1.62. The third-order valence-corrected chi connectivity index (χ3v) is 5.68. The summed E-state index contributed by atoms with van der Waals surface area (Å²) in [5.41, 5.74) is 2.78. The molecule has 2 aliphatic heterocycles. The number of rotatable bonds is 7. The SMILES string of the molecule is COCCN1C(=O)C(Nc2ccc(N3CCCCC3)cc2)=C(c2ccc(F)cc2)C1=O. The zero-order valence-corrected chi connectivity index (χ0v) is 17.6. The minimum Gasteiger partial charge on any atom is -0.383 e. The standard InChI is InChI=1S/C24H26FN3O3/c1-31-16-15-28-23(29)21(17-5-7-18(25)8-6-17)22(24(28)30)26-19-9-11-20(12-10-19)27-13-3-2-4-14-27/h5-12,26H,2-4,13-16H2,1H3. The molecule has 2 heterocycles. The van der Waals surface area contributed by atoms with Crippen LogP contribution in [0.5, 0.6) is 0 Å². The molecule has 0 atom stereocenters. The van der Waals surface area contributed by atoms with Gasteiger partial charge in [-0.15, -0.1) is 0 Å². The summed E-state index contributed by atoms with van der Waals surface area (Å²) in [5, 5.41) is 3.14. The highest BCUT2D eigenvalue weighted by molar-refractivity contribution is 6.36. The first-order valence-electron chi connectivity index (χ1n) is 10.6. The molecule has 2 amide bonds. The van der Waals surface area contributed by atoms with Gasteiger partial charge in [0.25, 0.3) is 11.8 Å². The molecule has 162 valence electrons. The Morgan fingerprint density at radius 1 is 0.935 bits per heavy atom. The lowest BCUT2D eigenvalue weighted by Crippen LogP contribution is -2.35. The molecule has 0 aromatic heterocycles. The Kier molecular flexibility index (Phi) is 6.32. The Labute approximate surface area is 181 Å². The number of amides is 2. The number of hydrogen-bond donors (Lipinski definition) is 1. The van der Waals surface area contributed by atoms with E-state index in [4.69, 9.17) is 4.74 Å². The molecule has 0 unspecified atom stereocenters. The summed E-state index contributed by atoms with van der Waals surface area (Å²) in [6.45, 7) is 2.49. The van der Waals surface area contributed by atoms with E-state index in [2.05, 4.69) is 10.2 Å². The second-order valence-corrected chi connectivity index (χ2v) is 7.73. The molecule has 31 heavy (non-hydrogen) atoms. The summed E-state index contributed by atoms with van der Waals surface area (Å²) >= 11 is 0. The van der Waals surface area contributed by atoms with Crippen molar-refractivity contribution in [3.05, 3.63) is 65.6 Å². The molecule has 6 nitrogen and oxygen atoms in total. The number of methoxy groups -OCH3 is 1. The predicted octanol–water partition coefficient (Wildman–Crippen LogP) is 3.65. The third-order valence-electron chi connectivity index (χ3n) is 5.68. The average molecular weight is 423 g/mol. The first-order valence-corrected chi connectivity index (χ1v) is 10.6. The van der Waals surface area contributed by atoms with Gasteiger partial charge < -0.3 is 15.0 Å². The van der Waals surface area contributed by atoms with Gasteiger partial charge in [0.1, 0.15) is 11.5 Å². The van der Waals surface area contributed by atoms with E-state index < -0.39 is 17.6 Å². The summed E-state index contributed by atoms with van der Waals surface area (Å²) < 4.78 is 18.5. The van der Waals surface area contributed by atoms with E-state index in [9.17, 15) is 14.0 Å². The van der Waals surface area contributed by atoms with Crippen LogP contribution in [0.4, 0.5) is 15.8 Å². The molecule has 0 bridgehead atoms. The van der Waals surface area contributed by atoms with Gasteiger partial charge in [-0.1, -0.05) is 12.1 Å².